The van der Waals surface area contributed by atoms with Crippen molar-refractivity contribution in [1.82, 2.24) is 4.90 Å². The zero-order valence-corrected chi connectivity index (χ0v) is 14.0. The van der Waals surface area contributed by atoms with E-state index in [1.54, 1.807) is 6.07 Å². The van der Waals surface area contributed by atoms with Crippen LogP contribution >= 0.6 is 0 Å². The Labute approximate surface area is 145 Å². The van der Waals surface area contributed by atoms with Crippen LogP contribution in [0.2, 0.25) is 0 Å². The van der Waals surface area contributed by atoms with Crippen molar-refractivity contribution in [2.75, 3.05) is 31.1 Å². The lowest BCUT2D eigenvalue weighted by atomic mass is 10.1. The molecule has 1 fully saturated rings. The maximum absolute atomic E-state index is 12.6. The fourth-order valence-electron chi connectivity index (χ4n) is 3.04. The Morgan fingerprint density at radius 2 is 1.64 bits per heavy atom. The summed E-state index contributed by atoms with van der Waals surface area (Å²) in [6, 6.07) is 12.1. The Kier molecular flexibility index (Phi) is 4.61. The molecule has 0 unspecified atom stereocenters. The van der Waals surface area contributed by atoms with Crippen molar-refractivity contribution < 1.29 is 19.8 Å². The summed E-state index contributed by atoms with van der Waals surface area (Å²) in [4.78, 5) is 27.6. The van der Waals surface area contributed by atoms with E-state index in [1.807, 2.05) is 41.0 Å². The standard InChI is InChI=1S/C19H20N2O4/c1-13-4-2-3-5-15(13)18(23)21-10-8-20(9-11-21)14-6-7-17(22)16(12-14)19(24)25/h2-7,12,22H,8-11H2,1H3,(H,24,25). The summed E-state index contributed by atoms with van der Waals surface area (Å²) in [5.41, 5.74) is 2.29. The number of rotatable bonds is 3. The number of hydrogen-bond donors (Lipinski definition) is 2. The molecule has 0 aromatic heterocycles. The molecule has 2 aromatic rings. The Morgan fingerprint density at radius 3 is 2.28 bits per heavy atom. The van der Waals surface area contributed by atoms with Crippen molar-refractivity contribution in [3.05, 3.63) is 59.2 Å². The number of phenols is 1. The Morgan fingerprint density at radius 1 is 0.960 bits per heavy atom. The predicted molar refractivity (Wildman–Crippen MR) is 94.4 cm³/mol. The van der Waals surface area contributed by atoms with Gasteiger partial charge in [-0.05, 0) is 36.8 Å². The highest BCUT2D eigenvalue weighted by Gasteiger charge is 2.24. The summed E-state index contributed by atoms with van der Waals surface area (Å²) in [6.45, 7) is 4.28. The molecule has 1 heterocycles. The average Bonchev–Trinajstić information content (AvgIpc) is 2.62. The number of carboxylic acids is 1. The number of aromatic carboxylic acids is 1. The fraction of sp³-hybridized carbons (Fsp3) is 0.263. The second-order valence-corrected chi connectivity index (χ2v) is 6.10. The second-order valence-electron chi connectivity index (χ2n) is 6.10. The molecule has 2 aromatic carbocycles. The van der Waals surface area contributed by atoms with E-state index >= 15 is 0 Å². The number of hydrogen-bond acceptors (Lipinski definition) is 4. The normalized spacial score (nSPS) is 14.4. The van der Waals surface area contributed by atoms with Gasteiger partial charge in [-0.2, -0.15) is 0 Å². The first-order chi connectivity index (χ1) is 12.0. The Balaban J connectivity index is 1.70. The third-order valence-electron chi connectivity index (χ3n) is 4.52. The van der Waals surface area contributed by atoms with Crippen molar-refractivity contribution in [2.45, 2.75) is 6.92 Å². The van der Waals surface area contributed by atoms with Gasteiger partial charge in [-0.1, -0.05) is 18.2 Å². The first-order valence-electron chi connectivity index (χ1n) is 8.13. The summed E-state index contributed by atoms with van der Waals surface area (Å²) in [5.74, 6) is -1.38. The van der Waals surface area contributed by atoms with Crippen LogP contribution < -0.4 is 4.90 Å². The number of aromatic hydroxyl groups is 1. The smallest absolute Gasteiger partial charge is 0.339 e. The summed E-state index contributed by atoms with van der Waals surface area (Å²) >= 11 is 0. The van der Waals surface area contributed by atoms with E-state index in [0.29, 0.717) is 31.7 Å². The number of amides is 1. The largest absolute Gasteiger partial charge is 0.507 e. The van der Waals surface area contributed by atoms with Gasteiger partial charge in [0.15, 0.2) is 0 Å². The number of carbonyl (C=O) groups excluding carboxylic acids is 1. The molecule has 3 rings (SSSR count). The quantitative estimate of drug-likeness (QED) is 0.896. The SMILES string of the molecule is Cc1ccccc1C(=O)N1CCN(c2ccc(O)c(C(=O)O)c2)CC1. The van der Waals surface area contributed by atoms with Crippen LogP contribution in [-0.2, 0) is 0 Å². The van der Waals surface area contributed by atoms with Crippen molar-refractivity contribution >= 4 is 17.6 Å². The van der Waals surface area contributed by atoms with Gasteiger partial charge in [0.05, 0.1) is 0 Å². The van der Waals surface area contributed by atoms with Crippen molar-refractivity contribution in [3.63, 3.8) is 0 Å². The number of carboxylic acid groups (broad SMARTS) is 1. The lowest BCUT2D eigenvalue weighted by Crippen LogP contribution is -2.49. The van der Waals surface area contributed by atoms with E-state index in [4.69, 9.17) is 5.11 Å². The maximum atomic E-state index is 12.6. The van der Waals surface area contributed by atoms with Crippen molar-refractivity contribution in [2.24, 2.45) is 0 Å². The van der Waals surface area contributed by atoms with Crippen LogP contribution in [0.4, 0.5) is 5.69 Å². The monoisotopic (exact) mass is 340 g/mol. The number of aryl methyl sites for hydroxylation is 1. The molecule has 6 heteroatoms. The van der Waals surface area contributed by atoms with Crippen LogP contribution in [0.15, 0.2) is 42.5 Å². The molecule has 0 radical (unpaired) electrons. The number of piperazine rings is 1. The lowest BCUT2D eigenvalue weighted by molar-refractivity contribution is 0.0692. The lowest BCUT2D eigenvalue weighted by Gasteiger charge is -2.36. The average molecular weight is 340 g/mol. The van der Waals surface area contributed by atoms with E-state index in [-0.39, 0.29) is 17.2 Å². The topological polar surface area (TPSA) is 81.1 Å². The maximum Gasteiger partial charge on any atom is 0.339 e. The van der Waals surface area contributed by atoms with Gasteiger partial charge in [0.25, 0.3) is 5.91 Å². The van der Waals surface area contributed by atoms with Gasteiger partial charge in [-0.25, -0.2) is 4.79 Å². The molecular formula is C19H20N2O4. The van der Waals surface area contributed by atoms with Crippen LogP contribution in [0.5, 0.6) is 5.75 Å². The third kappa shape index (κ3) is 3.42. The van der Waals surface area contributed by atoms with Gasteiger partial charge in [-0.15, -0.1) is 0 Å². The Hall–Kier alpha value is -3.02. The van der Waals surface area contributed by atoms with Gasteiger partial charge >= 0.3 is 5.97 Å². The predicted octanol–water partition coefficient (Wildman–Crippen LogP) is 2.36. The molecule has 1 aliphatic rings. The van der Waals surface area contributed by atoms with Crippen LogP contribution in [0.25, 0.3) is 0 Å². The highest BCUT2D eigenvalue weighted by molar-refractivity contribution is 5.96. The van der Waals surface area contributed by atoms with Crippen LogP contribution in [0, 0.1) is 6.92 Å². The van der Waals surface area contributed by atoms with Crippen molar-refractivity contribution in [3.8, 4) is 5.75 Å². The second kappa shape index (κ2) is 6.84. The molecule has 0 aliphatic carbocycles. The van der Waals surface area contributed by atoms with Gasteiger partial charge in [0, 0.05) is 37.4 Å². The van der Waals surface area contributed by atoms with E-state index in [9.17, 15) is 14.7 Å². The van der Waals surface area contributed by atoms with Crippen LogP contribution in [0.3, 0.4) is 0 Å². The van der Waals surface area contributed by atoms with Crippen molar-refractivity contribution in [1.29, 1.82) is 0 Å². The first kappa shape index (κ1) is 16.8. The number of anilines is 1. The fourth-order valence-corrected chi connectivity index (χ4v) is 3.04. The van der Waals surface area contributed by atoms with E-state index < -0.39 is 5.97 Å². The molecule has 25 heavy (non-hydrogen) atoms. The number of carbonyl (C=O) groups is 2. The van der Waals surface area contributed by atoms with Crippen LogP contribution in [-0.4, -0.2) is 53.2 Å². The minimum absolute atomic E-state index is 0.0229. The van der Waals surface area contributed by atoms with Gasteiger partial charge < -0.3 is 20.0 Å². The minimum Gasteiger partial charge on any atom is -0.507 e. The van der Waals surface area contributed by atoms with E-state index in [0.717, 1.165) is 11.3 Å². The summed E-state index contributed by atoms with van der Waals surface area (Å²) in [7, 11) is 0. The number of nitrogens with zero attached hydrogens (tertiary/aromatic N) is 2. The highest BCUT2D eigenvalue weighted by Crippen LogP contribution is 2.25. The van der Waals surface area contributed by atoms with Crippen LogP contribution in [0.1, 0.15) is 26.3 Å². The van der Waals surface area contributed by atoms with E-state index in [1.165, 1.54) is 12.1 Å². The molecule has 130 valence electrons. The molecule has 6 nitrogen and oxygen atoms in total. The van der Waals surface area contributed by atoms with Gasteiger partial charge in [-0.3, -0.25) is 4.79 Å². The van der Waals surface area contributed by atoms with Gasteiger partial charge in [0.1, 0.15) is 11.3 Å². The highest BCUT2D eigenvalue weighted by atomic mass is 16.4. The minimum atomic E-state index is -1.16. The molecular weight excluding hydrogens is 320 g/mol. The third-order valence-corrected chi connectivity index (χ3v) is 4.52. The summed E-state index contributed by atoms with van der Waals surface area (Å²) in [5, 5.41) is 18.7. The summed E-state index contributed by atoms with van der Waals surface area (Å²) in [6.07, 6.45) is 0. The summed E-state index contributed by atoms with van der Waals surface area (Å²) < 4.78 is 0. The molecule has 2 N–H and O–H groups in total. The zero-order chi connectivity index (χ0) is 18.0. The number of benzene rings is 2. The van der Waals surface area contributed by atoms with Gasteiger partial charge in [0.2, 0.25) is 0 Å². The molecule has 0 spiro atoms. The first-order valence-corrected chi connectivity index (χ1v) is 8.13. The molecule has 1 aliphatic heterocycles. The zero-order valence-electron chi connectivity index (χ0n) is 14.0. The molecule has 0 bridgehead atoms. The Bertz CT molecular complexity index is 811. The molecule has 1 amide bonds. The van der Waals surface area contributed by atoms with E-state index in [2.05, 4.69) is 0 Å². The molecule has 0 atom stereocenters. The molecule has 1 saturated heterocycles. The molecule has 0 saturated carbocycles.